The first-order chi connectivity index (χ1) is 14.2. The highest BCUT2D eigenvalue weighted by molar-refractivity contribution is 5.84. The Kier molecular flexibility index (Phi) is 5.77. The summed E-state index contributed by atoms with van der Waals surface area (Å²) in [4.78, 5) is 34.9. The first-order valence-electron chi connectivity index (χ1n) is 9.13. The van der Waals surface area contributed by atoms with Crippen LogP contribution in [0.2, 0.25) is 0 Å². The number of rotatable bonds is 7. The zero-order chi connectivity index (χ0) is 22.0. The summed E-state index contributed by atoms with van der Waals surface area (Å²) in [7, 11) is 0. The normalized spacial score (nSPS) is 12.9. The maximum Gasteiger partial charge on any atom is 0.344 e. The summed E-state index contributed by atoms with van der Waals surface area (Å²) >= 11 is 0. The molecule has 2 atom stereocenters. The Morgan fingerprint density at radius 1 is 0.967 bits per heavy atom. The van der Waals surface area contributed by atoms with Crippen LogP contribution < -0.4 is 14.9 Å². The van der Waals surface area contributed by atoms with Crippen molar-refractivity contribution in [2.24, 2.45) is 0 Å². The maximum atomic E-state index is 13.0. The van der Waals surface area contributed by atoms with Crippen molar-refractivity contribution < 1.29 is 33.7 Å². The third-order valence-corrected chi connectivity index (χ3v) is 4.55. The lowest BCUT2D eigenvalue weighted by atomic mass is 10.0. The molecule has 0 aliphatic heterocycles. The van der Waals surface area contributed by atoms with Crippen LogP contribution in [-0.4, -0.2) is 34.4 Å². The van der Waals surface area contributed by atoms with Gasteiger partial charge in [-0.2, -0.15) is 0 Å². The number of carboxylic acid groups (broad SMARTS) is 2. The number of fused-ring (bicyclic) bond motifs is 1. The third-order valence-electron chi connectivity index (χ3n) is 4.55. The minimum Gasteiger partial charge on any atom is -0.479 e. The summed E-state index contributed by atoms with van der Waals surface area (Å²) in [5.41, 5.74) is 1.53. The van der Waals surface area contributed by atoms with Gasteiger partial charge < -0.3 is 24.1 Å². The lowest BCUT2D eigenvalue weighted by Gasteiger charge is -2.13. The lowest BCUT2D eigenvalue weighted by Crippen LogP contribution is -2.23. The van der Waals surface area contributed by atoms with E-state index < -0.39 is 24.1 Å². The number of carbonyl (C=O) groups is 2. The first kappa shape index (κ1) is 20.9. The Balaban J connectivity index is 1.94. The molecule has 1 heterocycles. The Labute approximate surface area is 171 Å². The summed E-state index contributed by atoms with van der Waals surface area (Å²) in [6, 6.07) is 9.53. The predicted molar refractivity (Wildman–Crippen MR) is 108 cm³/mol. The number of hydrogen-bond donors (Lipinski definition) is 2. The van der Waals surface area contributed by atoms with Crippen LogP contribution in [0.3, 0.4) is 0 Å². The fourth-order valence-electron chi connectivity index (χ4n) is 2.80. The summed E-state index contributed by atoms with van der Waals surface area (Å²) in [5, 5.41) is 18.3. The minimum absolute atomic E-state index is 0.259. The van der Waals surface area contributed by atoms with E-state index in [1.165, 1.54) is 26.2 Å². The van der Waals surface area contributed by atoms with Gasteiger partial charge in [0.2, 0.25) is 5.43 Å². The van der Waals surface area contributed by atoms with Gasteiger partial charge in [0.15, 0.2) is 12.2 Å². The highest BCUT2D eigenvalue weighted by atomic mass is 16.5. The molecule has 2 N–H and O–H groups in total. The van der Waals surface area contributed by atoms with Crippen molar-refractivity contribution in [1.82, 2.24) is 0 Å². The van der Waals surface area contributed by atoms with Gasteiger partial charge in [0.25, 0.3) is 0 Å². The van der Waals surface area contributed by atoms with Gasteiger partial charge in [-0.3, -0.25) is 4.79 Å². The van der Waals surface area contributed by atoms with Crippen LogP contribution in [0.1, 0.15) is 19.4 Å². The topological polar surface area (TPSA) is 123 Å². The Bertz CT molecular complexity index is 1160. The van der Waals surface area contributed by atoms with E-state index in [9.17, 15) is 14.4 Å². The van der Waals surface area contributed by atoms with Crippen LogP contribution in [0.15, 0.2) is 51.9 Å². The zero-order valence-corrected chi connectivity index (χ0v) is 16.5. The highest BCUT2D eigenvalue weighted by Crippen LogP contribution is 2.28. The monoisotopic (exact) mass is 412 g/mol. The van der Waals surface area contributed by atoms with Crippen LogP contribution in [0.5, 0.6) is 11.5 Å². The molecule has 0 radical (unpaired) electrons. The number of benzene rings is 2. The van der Waals surface area contributed by atoms with E-state index in [1.807, 2.05) is 0 Å². The molecular weight excluding hydrogens is 392 g/mol. The molecule has 156 valence electrons. The highest BCUT2D eigenvalue weighted by Gasteiger charge is 2.17. The molecule has 30 heavy (non-hydrogen) atoms. The van der Waals surface area contributed by atoms with Crippen molar-refractivity contribution in [3.05, 3.63) is 58.4 Å². The second-order valence-corrected chi connectivity index (χ2v) is 6.81. The molecule has 0 unspecified atom stereocenters. The molecule has 3 aromatic rings. The Morgan fingerprint density at radius 2 is 1.57 bits per heavy atom. The third kappa shape index (κ3) is 4.27. The molecule has 8 nitrogen and oxygen atoms in total. The van der Waals surface area contributed by atoms with E-state index in [1.54, 1.807) is 37.3 Å². The molecule has 0 bridgehead atoms. The number of aliphatic carboxylic acids is 2. The molecule has 1 aromatic heterocycles. The first-order valence-corrected chi connectivity index (χ1v) is 9.13. The molecule has 0 spiro atoms. The average Bonchev–Trinajstić information content (AvgIpc) is 2.70. The van der Waals surface area contributed by atoms with Gasteiger partial charge in [-0.1, -0.05) is 12.1 Å². The maximum absolute atomic E-state index is 13.0. The molecule has 8 heteroatoms. The largest absolute Gasteiger partial charge is 0.479 e. The second kappa shape index (κ2) is 8.28. The molecule has 0 saturated carbocycles. The van der Waals surface area contributed by atoms with Gasteiger partial charge in [0, 0.05) is 6.07 Å². The van der Waals surface area contributed by atoms with Crippen molar-refractivity contribution in [2.75, 3.05) is 0 Å². The lowest BCUT2D eigenvalue weighted by molar-refractivity contribution is -0.145. The van der Waals surface area contributed by atoms with E-state index >= 15 is 0 Å². The van der Waals surface area contributed by atoms with Crippen LogP contribution >= 0.6 is 0 Å². The van der Waals surface area contributed by atoms with Crippen molar-refractivity contribution in [3.63, 3.8) is 0 Å². The van der Waals surface area contributed by atoms with Crippen LogP contribution in [0.4, 0.5) is 0 Å². The number of carboxylic acids is 2. The van der Waals surface area contributed by atoms with Crippen molar-refractivity contribution in [1.29, 1.82) is 0 Å². The van der Waals surface area contributed by atoms with Crippen LogP contribution in [-0.2, 0) is 9.59 Å². The van der Waals surface area contributed by atoms with E-state index in [0.717, 1.165) is 0 Å². The standard InChI is InChI=1S/C22H20O8/c1-11-8-16-19(9-18(11)30-13(3)22(26)27)28-10-17(20(16)23)14-4-6-15(7-5-14)29-12(2)21(24)25/h4-10,12-13H,1-3H3,(H,24,25)(H,26,27)/t12-,13-/m0/s1. The quantitative estimate of drug-likeness (QED) is 0.605. The fourth-order valence-corrected chi connectivity index (χ4v) is 2.80. The van der Waals surface area contributed by atoms with Gasteiger partial charge in [-0.05, 0) is 50.1 Å². The summed E-state index contributed by atoms with van der Waals surface area (Å²) in [6.07, 6.45) is -0.721. The van der Waals surface area contributed by atoms with Crippen LogP contribution in [0, 0.1) is 6.92 Å². The fraction of sp³-hybridized carbons (Fsp3) is 0.227. The second-order valence-electron chi connectivity index (χ2n) is 6.81. The van der Waals surface area contributed by atoms with Gasteiger partial charge in [-0.15, -0.1) is 0 Å². The molecule has 2 aromatic carbocycles. The SMILES string of the molecule is Cc1cc2c(=O)c(-c3ccc(O[C@@H](C)C(=O)O)cc3)coc2cc1O[C@@H](C)C(=O)O. The minimum atomic E-state index is -1.10. The van der Waals surface area contributed by atoms with Crippen molar-refractivity contribution in [3.8, 4) is 22.6 Å². The van der Waals surface area contributed by atoms with Gasteiger partial charge >= 0.3 is 11.9 Å². The van der Waals surface area contributed by atoms with Crippen molar-refractivity contribution in [2.45, 2.75) is 33.0 Å². The Morgan fingerprint density at radius 3 is 2.17 bits per heavy atom. The van der Waals surface area contributed by atoms with E-state index in [4.69, 9.17) is 24.1 Å². The van der Waals surface area contributed by atoms with E-state index in [0.29, 0.717) is 33.6 Å². The summed E-state index contributed by atoms with van der Waals surface area (Å²) in [5.74, 6) is -1.49. The molecule has 0 fully saturated rings. The van der Waals surface area contributed by atoms with Crippen LogP contribution in [0.25, 0.3) is 22.1 Å². The number of ether oxygens (including phenoxy) is 2. The van der Waals surface area contributed by atoms with Gasteiger partial charge in [0.05, 0.1) is 10.9 Å². The molecule has 0 saturated heterocycles. The van der Waals surface area contributed by atoms with Crippen molar-refractivity contribution >= 4 is 22.9 Å². The molecule has 0 amide bonds. The summed E-state index contributed by atoms with van der Waals surface area (Å²) < 4.78 is 16.3. The molecule has 0 aliphatic rings. The average molecular weight is 412 g/mol. The van der Waals surface area contributed by atoms with E-state index in [-0.39, 0.29) is 11.0 Å². The molecular formula is C22H20O8. The Hall–Kier alpha value is -3.81. The predicted octanol–water partition coefficient (Wildman–Crippen LogP) is 3.47. The summed E-state index contributed by atoms with van der Waals surface area (Å²) in [6.45, 7) is 4.55. The molecule has 0 aliphatic carbocycles. The number of aryl methyl sites for hydroxylation is 1. The van der Waals surface area contributed by atoms with Gasteiger partial charge in [-0.25, -0.2) is 9.59 Å². The smallest absolute Gasteiger partial charge is 0.344 e. The van der Waals surface area contributed by atoms with E-state index in [2.05, 4.69) is 0 Å². The zero-order valence-electron chi connectivity index (χ0n) is 16.5. The number of hydrogen-bond acceptors (Lipinski definition) is 6. The molecule has 3 rings (SSSR count). The van der Waals surface area contributed by atoms with Gasteiger partial charge in [0.1, 0.15) is 23.3 Å².